The molecule has 0 aliphatic rings. The van der Waals surface area contributed by atoms with Crippen LogP contribution < -0.4 is 5.32 Å². The molecular formula is C16H21N3O2. The Kier molecular flexibility index (Phi) is 5.11. The predicted octanol–water partition coefficient (Wildman–Crippen LogP) is 1.72. The number of aliphatic hydroxyl groups is 1. The Balaban J connectivity index is 1.87. The summed E-state index contributed by atoms with van der Waals surface area (Å²) >= 11 is 0. The minimum Gasteiger partial charge on any atom is -0.388 e. The Bertz CT molecular complexity index is 593. The van der Waals surface area contributed by atoms with Crippen LogP contribution in [0.15, 0.2) is 36.5 Å². The highest BCUT2D eigenvalue weighted by Gasteiger charge is 2.13. The summed E-state index contributed by atoms with van der Waals surface area (Å²) in [5.41, 5.74) is 2.76. The maximum Gasteiger partial charge on any atom is 0.223 e. The Morgan fingerprint density at radius 1 is 1.38 bits per heavy atom. The topological polar surface area (TPSA) is 67.2 Å². The number of rotatable bonds is 6. The van der Waals surface area contributed by atoms with Gasteiger partial charge in [0.1, 0.15) is 0 Å². The number of aliphatic hydroxyl groups excluding tert-OH is 1. The van der Waals surface area contributed by atoms with Crippen LogP contribution in [0.5, 0.6) is 0 Å². The average Bonchev–Trinajstić information content (AvgIpc) is 2.86. The third-order valence-electron chi connectivity index (χ3n) is 3.37. The number of benzene rings is 1. The second-order valence-corrected chi connectivity index (χ2v) is 5.04. The molecule has 2 aromatic rings. The van der Waals surface area contributed by atoms with Crippen LogP contribution in [0.3, 0.4) is 0 Å². The molecule has 2 N–H and O–H groups in total. The zero-order chi connectivity index (χ0) is 15.2. The molecule has 0 bridgehead atoms. The van der Waals surface area contributed by atoms with Gasteiger partial charge in [0.2, 0.25) is 5.91 Å². The largest absolute Gasteiger partial charge is 0.388 e. The number of nitrogens with one attached hydrogen (secondary N) is 1. The van der Waals surface area contributed by atoms with Gasteiger partial charge in [-0.3, -0.25) is 9.48 Å². The van der Waals surface area contributed by atoms with E-state index in [1.54, 1.807) is 4.68 Å². The zero-order valence-electron chi connectivity index (χ0n) is 12.4. The fraction of sp³-hybridized carbons (Fsp3) is 0.375. The van der Waals surface area contributed by atoms with E-state index < -0.39 is 6.10 Å². The molecule has 112 valence electrons. The lowest BCUT2D eigenvalue weighted by Crippen LogP contribution is -2.24. The van der Waals surface area contributed by atoms with E-state index in [9.17, 15) is 9.90 Å². The minimum absolute atomic E-state index is 0.0612. The lowest BCUT2D eigenvalue weighted by molar-refractivity contribution is -0.123. The molecule has 1 aromatic carbocycles. The molecule has 0 saturated heterocycles. The Morgan fingerprint density at radius 3 is 2.76 bits per heavy atom. The van der Waals surface area contributed by atoms with Crippen molar-refractivity contribution in [2.75, 3.05) is 0 Å². The average molecular weight is 287 g/mol. The van der Waals surface area contributed by atoms with Gasteiger partial charge in [0.05, 0.1) is 18.2 Å². The molecule has 5 nitrogen and oxygen atoms in total. The summed E-state index contributed by atoms with van der Waals surface area (Å²) in [5, 5.41) is 17.2. The smallest absolute Gasteiger partial charge is 0.223 e. The Morgan fingerprint density at radius 2 is 2.10 bits per heavy atom. The molecule has 1 unspecified atom stereocenters. The molecule has 0 saturated carbocycles. The first kappa shape index (κ1) is 15.3. The van der Waals surface area contributed by atoms with Crippen molar-refractivity contribution in [1.82, 2.24) is 15.1 Å². The van der Waals surface area contributed by atoms with E-state index >= 15 is 0 Å². The van der Waals surface area contributed by atoms with E-state index in [2.05, 4.69) is 10.4 Å². The van der Waals surface area contributed by atoms with Crippen molar-refractivity contribution in [3.8, 4) is 0 Å². The van der Waals surface area contributed by atoms with Gasteiger partial charge in [-0.15, -0.1) is 0 Å². The summed E-state index contributed by atoms with van der Waals surface area (Å²) in [4.78, 5) is 11.9. The minimum atomic E-state index is -0.772. The maximum atomic E-state index is 11.9. The third-order valence-corrected chi connectivity index (χ3v) is 3.37. The lowest BCUT2D eigenvalue weighted by atomic mass is 10.1. The van der Waals surface area contributed by atoms with Crippen LogP contribution in [-0.2, 0) is 24.8 Å². The first-order chi connectivity index (χ1) is 10.1. The second kappa shape index (κ2) is 7.04. The highest BCUT2D eigenvalue weighted by Crippen LogP contribution is 2.15. The van der Waals surface area contributed by atoms with Gasteiger partial charge in [0, 0.05) is 25.4 Å². The standard InChI is InChI=1S/C16H21N3O2/c1-3-14-13(11-19(2)18-14)10-17-16(21)9-15(20)12-7-5-4-6-8-12/h4-8,11,15,20H,3,9-10H2,1-2H3,(H,17,21). The van der Waals surface area contributed by atoms with E-state index in [4.69, 9.17) is 0 Å². The van der Waals surface area contributed by atoms with Crippen LogP contribution in [0.4, 0.5) is 0 Å². The molecule has 1 aromatic heterocycles. The number of aromatic nitrogens is 2. The molecule has 1 heterocycles. The van der Waals surface area contributed by atoms with Gasteiger partial charge in [0.15, 0.2) is 0 Å². The Hall–Kier alpha value is -2.14. The summed E-state index contributed by atoms with van der Waals surface area (Å²) in [6.07, 6.45) is 2.03. The molecule has 0 aliphatic carbocycles. The molecule has 2 rings (SSSR count). The van der Waals surface area contributed by atoms with Crippen molar-refractivity contribution in [3.05, 3.63) is 53.3 Å². The van der Waals surface area contributed by atoms with Gasteiger partial charge in [0.25, 0.3) is 0 Å². The van der Waals surface area contributed by atoms with Crippen molar-refractivity contribution in [2.24, 2.45) is 7.05 Å². The number of hydrogen-bond acceptors (Lipinski definition) is 3. The van der Waals surface area contributed by atoms with Crippen LogP contribution in [0.2, 0.25) is 0 Å². The molecular weight excluding hydrogens is 266 g/mol. The number of amides is 1. The molecule has 0 aliphatic heterocycles. The second-order valence-electron chi connectivity index (χ2n) is 5.04. The van der Waals surface area contributed by atoms with Crippen LogP contribution in [0, 0.1) is 0 Å². The van der Waals surface area contributed by atoms with Crippen molar-refractivity contribution in [1.29, 1.82) is 0 Å². The number of nitrogens with zero attached hydrogens (tertiary/aromatic N) is 2. The van der Waals surface area contributed by atoms with Crippen molar-refractivity contribution in [2.45, 2.75) is 32.4 Å². The summed E-state index contributed by atoms with van der Waals surface area (Å²) in [7, 11) is 1.86. The third kappa shape index (κ3) is 4.16. The van der Waals surface area contributed by atoms with Gasteiger partial charge in [-0.1, -0.05) is 37.3 Å². The van der Waals surface area contributed by atoms with Crippen LogP contribution in [0.25, 0.3) is 0 Å². The van der Waals surface area contributed by atoms with Gasteiger partial charge in [-0.05, 0) is 12.0 Å². The SMILES string of the molecule is CCc1nn(C)cc1CNC(=O)CC(O)c1ccccc1. The van der Waals surface area contributed by atoms with Crippen LogP contribution in [-0.4, -0.2) is 20.8 Å². The number of carbonyl (C=O) groups excluding carboxylic acids is 1. The first-order valence-electron chi connectivity index (χ1n) is 7.11. The maximum absolute atomic E-state index is 11.9. The van der Waals surface area contributed by atoms with Crippen molar-refractivity contribution in [3.63, 3.8) is 0 Å². The van der Waals surface area contributed by atoms with Crippen molar-refractivity contribution < 1.29 is 9.90 Å². The van der Waals surface area contributed by atoms with Gasteiger partial charge in [-0.25, -0.2) is 0 Å². The first-order valence-corrected chi connectivity index (χ1v) is 7.11. The van der Waals surface area contributed by atoms with Gasteiger partial charge < -0.3 is 10.4 Å². The van der Waals surface area contributed by atoms with E-state index in [-0.39, 0.29) is 12.3 Å². The fourth-order valence-electron chi connectivity index (χ4n) is 2.26. The summed E-state index contributed by atoms with van der Waals surface area (Å²) < 4.78 is 1.75. The zero-order valence-corrected chi connectivity index (χ0v) is 12.4. The van der Waals surface area contributed by atoms with Gasteiger partial charge in [-0.2, -0.15) is 5.10 Å². The highest BCUT2D eigenvalue weighted by atomic mass is 16.3. The fourth-order valence-corrected chi connectivity index (χ4v) is 2.26. The van der Waals surface area contributed by atoms with E-state index in [0.29, 0.717) is 6.54 Å². The van der Waals surface area contributed by atoms with E-state index in [1.807, 2.05) is 50.5 Å². The monoisotopic (exact) mass is 287 g/mol. The van der Waals surface area contributed by atoms with Crippen LogP contribution in [0.1, 0.15) is 36.3 Å². The predicted molar refractivity (Wildman–Crippen MR) is 80.5 cm³/mol. The van der Waals surface area contributed by atoms with Crippen molar-refractivity contribution >= 4 is 5.91 Å². The van der Waals surface area contributed by atoms with Crippen LogP contribution >= 0.6 is 0 Å². The Labute approximate surface area is 124 Å². The molecule has 0 radical (unpaired) electrons. The number of carbonyl (C=O) groups is 1. The number of aryl methyl sites for hydroxylation is 2. The molecule has 1 amide bonds. The van der Waals surface area contributed by atoms with E-state index in [1.165, 1.54) is 0 Å². The molecule has 21 heavy (non-hydrogen) atoms. The highest BCUT2D eigenvalue weighted by molar-refractivity contribution is 5.76. The summed E-state index contributed by atoms with van der Waals surface area (Å²) in [6.45, 7) is 2.48. The molecule has 0 spiro atoms. The lowest BCUT2D eigenvalue weighted by Gasteiger charge is -2.11. The normalized spacial score (nSPS) is 12.1. The summed E-state index contributed by atoms with van der Waals surface area (Å²) in [5.74, 6) is -0.169. The molecule has 1 atom stereocenters. The quantitative estimate of drug-likeness (QED) is 0.850. The molecule has 0 fully saturated rings. The molecule has 5 heteroatoms. The number of hydrogen-bond donors (Lipinski definition) is 2. The van der Waals surface area contributed by atoms with Gasteiger partial charge >= 0.3 is 0 Å². The summed E-state index contributed by atoms with van der Waals surface area (Å²) in [6, 6.07) is 9.20. The van der Waals surface area contributed by atoms with E-state index in [0.717, 1.165) is 23.2 Å².